The molecule has 2 aromatic carbocycles. The Labute approximate surface area is 151 Å². The Kier molecular flexibility index (Phi) is 7.22. The van der Waals surface area contributed by atoms with Crippen molar-refractivity contribution in [3.63, 3.8) is 0 Å². The van der Waals surface area contributed by atoms with Crippen molar-refractivity contribution < 1.29 is 0 Å². The lowest BCUT2D eigenvalue weighted by Crippen LogP contribution is -2.31. The fraction of sp³-hybridized carbons (Fsp3) is 0.350. The topological polar surface area (TPSA) is 27.3 Å². The monoisotopic (exact) mass is 341 g/mol. The van der Waals surface area contributed by atoms with Crippen LogP contribution in [-0.2, 0) is 6.54 Å². The second kappa shape index (κ2) is 9.40. The fourth-order valence-corrected chi connectivity index (χ4v) is 2.79. The number of nitrogens with one attached hydrogen (secondary N) is 2. The number of nitrogens with zero attached hydrogens (tertiary/aromatic N) is 1. The summed E-state index contributed by atoms with van der Waals surface area (Å²) in [6.07, 6.45) is 1.05. The summed E-state index contributed by atoms with van der Waals surface area (Å²) in [5, 5.41) is 7.27. The minimum Gasteiger partial charge on any atom is -0.362 e. The molecule has 0 fully saturated rings. The number of thiocarbonyl (C=S) groups is 1. The van der Waals surface area contributed by atoms with Gasteiger partial charge in [0.1, 0.15) is 0 Å². The second-order valence-corrected chi connectivity index (χ2v) is 6.61. The van der Waals surface area contributed by atoms with E-state index in [1.807, 2.05) is 6.07 Å². The molecule has 0 aliphatic heterocycles. The van der Waals surface area contributed by atoms with Gasteiger partial charge in [-0.2, -0.15) is 0 Å². The molecule has 0 aromatic heterocycles. The van der Waals surface area contributed by atoms with E-state index in [-0.39, 0.29) is 0 Å². The zero-order chi connectivity index (χ0) is 17.4. The maximum absolute atomic E-state index is 5.39. The van der Waals surface area contributed by atoms with Crippen LogP contribution in [0.1, 0.15) is 23.1 Å². The molecule has 0 unspecified atom stereocenters. The summed E-state index contributed by atoms with van der Waals surface area (Å²) in [4.78, 5) is 2.33. The number of rotatable bonds is 7. The highest BCUT2D eigenvalue weighted by Gasteiger charge is 2.03. The molecule has 128 valence electrons. The van der Waals surface area contributed by atoms with Gasteiger partial charge in [-0.1, -0.05) is 42.5 Å². The zero-order valence-corrected chi connectivity index (χ0v) is 15.6. The van der Waals surface area contributed by atoms with Gasteiger partial charge in [0.2, 0.25) is 0 Å². The summed E-state index contributed by atoms with van der Waals surface area (Å²) in [6.45, 7) is 7.11. The van der Waals surface area contributed by atoms with Gasteiger partial charge >= 0.3 is 0 Å². The number of hydrogen-bond donors (Lipinski definition) is 2. The van der Waals surface area contributed by atoms with Crippen LogP contribution >= 0.6 is 12.2 Å². The van der Waals surface area contributed by atoms with E-state index in [2.05, 4.69) is 78.9 Å². The summed E-state index contributed by atoms with van der Waals surface area (Å²) in [5.41, 5.74) is 4.93. The van der Waals surface area contributed by atoms with E-state index in [4.69, 9.17) is 12.2 Å². The van der Waals surface area contributed by atoms with Crippen LogP contribution in [-0.4, -0.2) is 30.1 Å². The molecular formula is C20H27N3S. The first kappa shape index (κ1) is 18.4. The molecular weight excluding hydrogens is 314 g/mol. The van der Waals surface area contributed by atoms with Crippen molar-refractivity contribution in [2.24, 2.45) is 0 Å². The second-order valence-electron chi connectivity index (χ2n) is 6.21. The van der Waals surface area contributed by atoms with E-state index in [9.17, 15) is 0 Å². The van der Waals surface area contributed by atoms with E-state index in [1.165, 1.54) is 16.7 Å². The first-order valence-corrected chi connectivity index (χ1v) is 8.80. The smallest absolute Gasteiger partial charge is 0.170 e. The maximum Gasteiger partial charge on any atom is 0.170 e. The maximum atomic E-state index is 5.39. The van der Waals surface area contributed by atoms with Crippen molar-refractivity contribution in [1.29, 1.82) is 0 Å². The summed E-state index contributed by atoms with van der Waals surface area (Å²) >= 11 is 5.39. The Morgan fingerprint density at radius 1 is 1.04 bits per heavy atom. The summed E-state index contributed by atoms with van der Waals surface area (Å²) in [6, 6.07) is 16.8. The van der Waals surface area contributed by atoms with Crippen LogP contribution in [0, 0.1) is 13.8 Å². The van der Waals surface area contributed by atoms with Crippen molar-refractivity contribution in [3.05, 3.63) is 65.2 Å². The van der Waals surface area contributed by atoms with Gasteiger partial charge in [0.05, 0.1) is 0 Å². The van der Waals surface area contributed by atoms with Gasteiger partial charge in [-0.3, -0.25) is 0 Å². The van der Waals surface area contributed by atoms with E-state index >= 15 is 0 Å². The van der Waals surface area contributed by atoms with Crippen molar-refractivity contribution >= 4 is 23.0 Å². The number of hydrogen-bond acceptors (Lipinski definition) is 2. The van der Waals surface area contributed by atoms with Crippen LogP contribution < -0.4 is 10.6 Å². The lowest BCUT2D eigenvalue weighted by Gasteiger charge is -2.18. The van der Waals surface area contributed by atoms with Crippen LogP contribution in [0.15, 0.2) is 48.5 Å². The van der Waals surface area contributed by atoms with E-state index in [1.54, 1.807) is 0 Å². The van der Waals surface area contributed by atoms with Gasteiger partial charge < -0.3 is 15.5 Å². The fourth-order valence-electron chi connectivity index (χ4n) is 2.58. The molecule has 2 N–H and O–H groups in total. The largest absolute Gasteiger partial charge is 0.362 e. The lowest BCUT2D eigenvalue weighted by atomic mass is 10.1. The minimum absolute atomic E-state index is 0.689. The molecule has 0 aliphatic carbocycles. The Morgan fingerprint density at radius 3 is 2.54 bits per heavy atom. The Bertz CT molecular complexity index is 655. The highest BCUT2D eigenvalue weighted by atomic mass is 32.1. The average Bonchev–Trinajstić information content (AvgIpc) is 2.57. The van der Waals surface area contributed by atoms with Crippen molar-refractivity contribution in [1.82, 2.24) is 10.2 Å². The summed E-state index contributed by atoms with van der Waals surface area (Å²) in [5.74, 6) is 0. The summed E-state index contributed by atoms with van der Waals surface area (Å²) in [7, 11) is 2.15. The molecule has 0 saturated carbocycles. The van der Waals surface area contributed by atoms with Crippen molar-refractivity contribution in [2.75, 3.05) is 25.5 Å². The molecule has 24 heavy (non-hydrogen) atoms. The van der Waals surface area contributed by atoms with Crippen LogP contribution in [0.2, 0.25) is 0 Å². The van der Waals surface area contributed by atoms with Gasteiger partial charge in [-0.25, -0.2) is 0 Å². The van der Waals surface area contributed by atoms with Gasteiger partial charge in [0.25, 0.3) is 0 Å². The van der Waals surface area contributed by atoms with Crippen molar-refractivity contribution in [2.45, 2.75) is 26.8 Å². The van der Waals surface area contributed by atoms with Crippen LogP contribution in [0.4, 0.5) is 5.69 Å². The predicted octanol–water partition coefficient (Wildman–Crippen LogP) is 4.11. The molecule has 3 nitrogen and oxygen atoms in total. The number of anilines is 1. The van der Waals surface area contributed by atoms with E-state index in [0.717, 1.165) is 31.7 Å². The molecule has 0 bridgehead atoms. The van der Waals surface area contributed by atoms with Gasteiger partial charge in [0, 0.05) is 18.8 Å². The molecule has 0 saturated heterocycles. The minimum atomic E-state index is 0.689. The SMILES string of the molecule is Cc1cccc(NC(=S)NCCCN(C)Cc2ccccc2)c1C. The van der Waals surface area contributed by atoms with Gasteiger partial charge in [-0.15, -0.1) is 0 Å². The molecule has 0 amide bonds. The van der Waals surface area contributed by atoms with E-state index in [0.29, 0.717) is 5.11 Å². The lowest BCUT2D eigenvalue weighted by molar-refractivity contribution is 0.322. The molecule has 0 heterocycles. The standard InChI is InChI=1S/C20H27N3S/c1-16-9-7-12-19(17(16)2)22-20(24)21-13-8-14-23(3)15-18-10-5-4-6-11-18/h4-7,9-12H,8,13-15H2,1-3H3,(H2,21,22,24). The zero-order valence-electron chi connectivity index (χ0n) is 14.8. The summed E-state index contributed by atoms with van der Waals surface area (Å²) < 4.78 is 0. The Morgan fingerprint density at radius 2 is 1.79 bits per heavy atom. The molecule has 0 radical (unpaired) electrons. The molecule has 2 rings (SSSR count). The van der Waals surface area contributed by atoms with Crippen molar-refractivity contribution in [3.8, 4) is 0 Å². The average molecular weight is 342 g/mol. The van der Waals surface area contributed by atoms with Crippen LogP contribution in [0.25, 0.3) is 0 Å². The normalized spacial score (nSPS) is 10.7. The number of aryl methyl sites for hydroxylation is 1. The molecule has 0 aliphatic rings. The van der Waals surface area contributed by atoms with E-state index < -0.39 is 0 Å². The number of benzene rings is 2. The third kappa shape index (κ3) is 5.95. The van der Waals surface area contributed by atoms with Crippen LogP contribution in [0.5, 0.6) is 0 Å². The highest BCUT2D eigenvalue weighted by molar-refractivity contribution is 7.80. The first-order valence-electron chi connectivity index (χ1n) is 8.40. The third-order valence-electron chi connectivity index (χ3n) is 4.15. The predicted molar refractivity (Wildman–Crippen MR) is 108 cm³/mol. The quantitative estimate of drug-likeness (QED) is 0.585. The third-order valence-corrected chi connectivity index (χ3v) is 4.40. The van der Waals surface area contributed by atoms with Gasteiger partial charge in [0.15, 0.2) is 5.11 Å². The Hall–Kier alpha value is -1.91. The molecule has 2 aromatic rings. The first-order chi connectivity index (χ1) is 11.6. The molecule has 0 atom stereocenters. The van der Waals surface area contributed by atoms with Gasteiger partial charge in [-0.05, 0) is 68.8 Å². The molecule has 4 heteroatoms. The molecule has 0 spiro atoms. The van der Waals surface area contributed by atoms with Crippen LogP contribution in [0.3, 0.4) is 0 Å². The Balaban J connectivity index is 1.66. The highest BCUT2D eigenvalue weighted by Crippen LogP contribution is 2.17.